The van der Waals surface area contributed by atoms with Crippen LogP contribution in [-0.4, -0.2) is 32.4 Å². The van der Waals surface area contributed by atoms with E-state index in [1.54, 1.807) is 18.3 Å². The second kappa shape index (κ2) is 8.57. The van der Waals surface area contributed by atoms with Gasteiger partial charge in [-0.05, 0) is 55.0 Å². The summed E-state index contributed by atoms with van der Waals surface area (Å²) in [6, 6.07) is 12.8. The first-order valence-corrected chi connectivity index (χ1v) is 7.48. The molecular formula is C18H20N2O4. The van der Waals surface area contributed by atoms with Crippen LogP contribution in [0.2, 0.25) is 0 Å². The molecule has 126 valence electrons. The van der Waals surface area contributed by atoms with Crippen molar-refractivity contribution in [1.29, 1.82) is 0 Å². The molecule has 0 fully saturated rings. The van der Waals surface area contributed by atoms with E-state index in [1.165, 1.54) is 7.11 Å². The van der Waals surface area contributed by atoms with Crippen molar-refractivity contribution >= 4 is 17.8 Å². The molecule has 0 radical (unpaired) electrons. The summed E-state index contributed by atoms with van der Waals surface area (Å²) in [6.07, 6.45) is 1.72. The van der Waals surface area contributed by atoms with Crippen LogP contribution in [-0.2, 0) is 4.79 Å². The third-order valence-electron chi connectivity index (χ3n) is 3.07. The SMILES string of the molecule is CCOc1ccc(N=Cc2ccc(OCC(N)=O)c(OC)c2)cc1. The van der Waals surface area contributed by atoms with Gasteiger partial charge >= 0.3 is 0 Å². The molecule has 24 heavy (non-hydrogen) atoms. The predicted molar refractivity (Wildman–Crippen MR) is 92.5 cm³/mol. The molecule has 6 heteroatoms. The molecule has 2 rings (SSSR count). The Bertz CT molecular complexity index is 711. The van der Waals surface area contributed by atoms with Gasteiger partial charge in [0.2, 0.25) is 0 Å². The van der Waals surface area contributed by atoms with Gasteiger partial charge in [-0.1, -0.05) is 0 Å². The van der Waals surface area contributed by atoms with Gasteiger partial charge in [-0.25, -0.2) is 0 Å². The summed E-state index contributed by atoms with van der Waals surface area (Å²) in [6.45, 7) is 2.37. The molecule has 0 atom stereocenters. The molecule has 0 aromatic heterocycles. The highest BCUT2D eigenvalue weighted by atomic mass is 16.5. The fourth-order valence-corrected chi connectivity index (χ4v) is 1.98. The molecule has 6 nitrogen and oxygen atoms in total. The lowest BCUT2D eigenvalue weighted by Gasteiger charge is -2.09. The molecule has 0 heterocycles. The van der Waals surface area contributed by atoms with E-state index in [0.717, 1.165) is 17.0 Å². The van der Waals surface area contributed by atoms with Gasteiger partial charge in [0.1, 0.15) is 5.75 Å². The summed E-state index contributed by atoms with van der Waals surface area (Å²) in [5, 5.41) is 0. The molecule has 0 saturated carbocycles. The van der Waals surface area contributed by atoms with Gasteiger partial charge in [-0.2, -0.15) is 0 Å². The Labute approximate surface area is 140 Å². The smallest absolute Gasteiger partial charge is 0.255 e. The van der Waals surface area contributed by atoms with E-state index in [1.807, 2.05) is 37.3 Å². The summed E-state index contributed by atoms with van der Waals surface area (Å²) < 4.78 is 15.9. The average Bonchev–Trinajstić information content (AvgIpc) is 2.59. The molecule has 2 aromatic rings. The second-order valence-electron chi connectivity index (χ2n) is 4.85. The first-order chi connectivity index (χ1) is 11.6. The minimum atomic E-state index is -0.543. The van der Waals surface area contributed by atoms with E-state index < -0.39 is 5.91 Å². The van der Waals surface area contributed by atoms with E-state index in [-0.39, 0.29) is 6.61 Å². The molecule has 0 aliphatic carbocycles. The van der Waals surface area contributed by atoms with Crippen LogP contribution in [0, 0.1) is 0 Å². The number of aliphatic imine (C=N–C) groups is 1. The number of rotatable bonds is 8. The van der Waals surface area contributed by atoms with Crippen molar-refractivity contribution in [3.63, 3.8) is 0 Å². The number of carbonyl (C=O) groups is 1. The zero-order chi connectivity index (χ0) is 17.4. The number of ether oxygens (including phenoxy) is 3. The number of carbonyl (C=O) groups excluding carboxylic acids is 1. The van der Waals surface area contributed by atoms with Crippen LogP contribution in [0.15, 0.2) is 47.5 Å². The van der Waals surface area contributed by atoms with E-state index >= 15 is 0 Å². The first kappa shape index (κ1) is 17.3. The van der Waals surface area contributed by atoms with Crippen molar-refractivity contribution in [2.75, 3.05) is 20.3 Å². The number of nitrogens with two attached hydrogens (primary N) is 1. The zero-order valence-electron chi connectivity index (χ0n) is 13.7. The van der Waals surface area contributed by atoms with Crippen LogP contribution in [0.4, 0.5) is 5.69 Å². The Morgan fingerprint density at radius 3 is 2.50 bits per heavy atom. The van der Waals surface area contributed by atoms with Crippen molar-refractivity contribution in [2.24, 2.45) is 10.7 Å². The summed E-state index contributed by atoms with van der Waals surface area (Å²) in [5.74, 6) is 1.23. The minimum Gasteiger partial charge on any atom is -0.494 e. The Morgan fingerprint density at radius 2 is 1.88 bits per heavy atom. The van der Waals surface area contributed by atoms with Crippen LogP contribution in [0.3, 0.4) is 0 Å². The molecule has 0 aliphatic rings. The number of amides is 1. The maximum atomic E-state index is 10.8. The molecular weight excluding hydrogens is 308 g/mol. The van der Waals surface area contributed by atoms with E-state index in [0.29, 0.717) is 18.1 Å². The highest BCUT2D eigenvalue weighted by Gasteiger charge is 2.06. The molecule has 0 aliphatic heterocycles. The molecule has 2 aromatic carbocycles. The Hall–Kier alpha value is -3.02. The summed E-state index contributed by atoms with van der Waals surface area (Å²) in [7, 11) is 1.53. The lowest BCUT2D eigenvalue weighted by molar-refractivity contribution is -0.119. The highest BCUT2D eigenvalue weighted by Crippen LogP contribution is 2.27. The molecule has 0 spiro atoms. The normalized spacial score (nSPS) is 10.6. The number of hydrogen-bond acceptors (Lipinski definition) is 5. The number of methoxy groups -OCH3 is 1. The van der Waals surface area contributed by atoms with E-state index in [9.17, 15) is 4.79 Å². The highest BCUT2D eigenvalue weighted by molar-refractivity contribution is 5.83. The van der Waals surface area contributed by atoms with Gasteiger partial charge in [0, 0.05) is 6.21 Å². The first-order valence-electron chi connectivity index (χ1n) is 7.48. The summed E-state index contributed by atoms with van der Waals surface area (Å²) >= 11 is 0. The van der Waals surface area contributed by atoms with Crippen molar-refractivity contribution in [3.05, 3.63) is 48.0 Å². The lowest BCUT2D eigenvalue weighted by Crippen LogP contribution is -2.20. The molecule has 0 saturated heterocycles. The Balaban J connectivity index is 2.09. The van der Waals surface area contributed by atoms with Crippen molar-refractivity contribution in [1.82, 2.24) is 0 Å². The van der Waals surface area contributed by atoms with Gasteiger partial charge < -0.3 is 19.9 Å². The molecule has 0 unspecified atom stereocenters. The van der Waals surface area contributed by atoms with E-state index in [2.05, 4.69) is 4.99 Å². The molecule has 1 amide bonds. The van der Waals surface area contributed by atoms with Crippen molar-refractivity contribution in [2.45, 2.75) is 6.92 Å². The van der Waals surface area contributed by atoms with Gasteiger partial charge in [-0.15, -0.1) is 0 Å². The van der Waals surface area contributed by atoms with Crippen LogP contribution in [0.25, 0.3) is 0 Å². The van der Waals surface area contributed by atoms with Crippen LogP contribution in [0.5, 0.6) is 17.2 Å². The maximum Gasteiger partial charge on any atom is 0.255 e. The Kier molecular flexibility index (Phi) is 6.19. The topological polar surface area (TPSA) is 83.1 Å². The number of nitrogens with zero attached hydrogens (tertiary/aromatic N) is 1. The number of primary amides is 1. The standard InChI is InChI=1S/C18H20N2O4/c1-3-23-15-7-5-14(6-8-15)20-11-13-4-9-16(17(10-13)22-2)24-12-18(19)21/h4-11H,3,12H2,1-2H3,(H2,19,21). The third-order valence-corrected chi connectivity index (χ3v) is 3.07. The fourth-order valence-electron chi connectivity index (χ4n) is 1.98. The third kappa shape index (κ3) is 5.01. The Morgan fingerprint density at radius 1 is 1.12 bits per heavy atom. The molecule has 0 bridgehead atoms. The van der Waals surface area contributed by atoms with Gasteiger partial charge in [0.25, 0.3) is 5.91 Å². The van der Waals surface area contributed by atoms with Crippen LogP contribution >= 0.6 is 0 Å². The number of hydrogen-bond donors (Lipinski definition) is 1. The van der Waals surface area contributed by atoms with Crippen molar-refractivity contribution < 1.29 is 19.0 Å². The van der Waals surface area contributed by atoms with Crippen molar-refractivity contribution in [3.8, 4) is 17.2 Å². The monoisotopic (exact) mass is 328 g/mol. The maximum absolute atomic E-state index is 10.8. The largest absolute Gasteiger partial charge is 0.494 e. The predicted octanol–water partition coefficient (Wildman–Crippen LogP) is 2.71. The van der Waals surface area contributed by atoms with Gasteiger partial charge in [0.05, 0.1) is 19.4 Å². The van der Waals surface area contributed by atoms with Crippen LogP contribution < -0.4 is 19.9 Å². The zero-order valence-corrected chi connectivity index (χ0v) is 13.7. The quantitative estimate of drug-likeness (QED) is 0.755. The lowest BCUT2D eigenvalue weighted by atomic mass is 10.2. The van der Waals surface area contributed by atoms with Crippen LogP contribution in [0.1, 0.15) is 12.5 Å². The minimum absolute atomic E-state index is 0.198. The fraction of sp³-hybridized carbons (Fsp3) is 0.222. The average molecular weight is 328 g/mol. The van der Waals surface area contributed by atoms with Gasteiger partial charge in [-0.3, -0.25) is 9.79 Å². The van der Waals surface area contributed by atoms with Gasteiger partial charge in [0.15, 0.2) is 18.1 Å². The molecule has 2 N–H and O–H groups in total. The van der Waals surface area contributed by atoms with E-state index in [4.69, 9.17) is 19.9 Å². The number of benzene rings is 2. The second-order valence-corrected chi connectivity index (χ2v) is 4.85. The summed E-state index contributed by atoms with van der Waals surface area (Å²) in [4.78, 5) is 15.2. The summed E-state index contributed by atoms with van der Waals surface area (Å²) in [5.41, 5.74) is 6.72.